The number of fused-ring (bicyclic) bond motifs is 1. The second-order valence-corrected chi connectivity index (χ2v) is 3.65. The van der Waals surface area contributed by atoms with Crippen LogP contribution < -0.4 is 10.9 Å². The summed E-state index contributed by atoms with van der Waals surface area (Å²) in [5, 5.41) is 21.2. The third-order valence-electron chi connectivity index (χ3n) is 2.27. The van der Waals surface area contributed by atoms with E-state index in [1.807, 2.05) is 0 Å². The Morgan fingerprint density at radius 3 is 2.33 bits per heavy atom. The van der Waals surface area contributed by atoms with Gasteiger partial charge in [-0.05, 0) is 13.0 Å². The van der Waals surface area contributed by atoms with Crippen molar-refractivity contribution in [2.24, 2.45) is 0 Å². The average Bonchev–Trinajstić information content (AvgIpc) is 2.70. The first-order valence-corrected chi connectivity index (χ1v) is 5.34. The Balaban J connectivity index is 0.000000187. The van der Waals surface area contributed by atoms with Crippen molar-refractivity contribution in [1.29, 1.82) is 0 Å². The summed E-state index contributed by atoms with van der Waals surface area (Å²) in [7, 11) is 0. The van der Waals surface area contributed by atoms with E-state index in [2.05, 4.69) is 10.5 Å². The third-order valence-corrected chi connectivity index (χ3v) is 2.27. The van der Waals surface area contributed by atoms with Gasteiger partial charge in [-0.1, -0.05) is 0 Å². The molecule has 0 amide bonds. The number of aromatic amines is 1. The predicted octanol–water partition coefficient (Wildman–Crippen LogP) is -0.451. The Morgan fingerprint density at radius 2 is 1.83 bits per heavy atom. The number of carboxylic acids is 2. The van der Waals surface area contributed by atoms with Crippen molar-refractivity contribution in [1.82, 2.24) is 10.5 Å². The molecule has 0 unspecified atom stereocenters. The van der Waals surface area contributed by atoms with E-state index in [4.69, 9.17) is 14.7 Å². The topological polar surface area (TPSA) is 133 Å². The van der Waals surface area contributed by atoms with Crippen molar-refractivity contribution < 1.29 is 24.3 Å². The Morgan fingerprint density at radius 1 is 1.22 bits per heavy atom. The number of aromatic nitrogens is 1. The van der Waals surface area contributed by atoms with Gasteiger partial charge in [-0.25, -0.2) is 0 Å². The zero-order valence-corrected chi connectivity index (χ0v) is 9.56. The molecule has 0 fully saturated rings. The van der Waals surface area contributed by atoms with Crippen LogP contribution in [0.25, 0.3) is 0 Å². The summed E-state index contributed by atoms with van der Waals surface area (Å²) in [6.45, 7) is 1.55. The molecule has 0 atom stereocenters. The number of carbonyl (C=O) groups is 2. The molecule has 0 aromatic carbocycles. The van der Waals surface area contributed by atoms with Gasteiger partial charge in [0.15, 0.2) is 5.76 Å². The lowest BCUT2D eigenvalue weighted by atomic mass is 10.1. The van der Waals surface area contributed by atoms with E-state index in [-0.39, 0.29) is 18.4 Å². The number of hydrogen-bond acceptors (Lipinski definition) is 5. The molecule has 8 nitrogen and oxygen atoms in total. The van der Waals surface area contributed by atoms with Gasteiger partial charge >= 0.3 is 11.9 Å². The van der Waals surface area contributed by atoms with E-state index in [0.717, 1.165) is 24.3 Å². The fraction of sp³-hybridized carbons (Fsp3) is 0.500. The van der Waals surface area contributed by atoms with Crippen molar-refractivity contribution >= 4 is 11.9 Å². The summed E-state index contributed by atoms with van der Waals surface area (Å²) in [6.07, 6.45) is 0.186. The first-order chi connectivity index (χ1) is 8.50. The summed E-state index contributed by atoms with van der Waals surface area (Å²) < 4.78 is 4.89. The third kappa shape index (κ3) is 4.42. The van der Waals surface area contributed by atoms with Gasteiger partial charge < -0.3 is 20.1 Å². The minimum Gasteiger partial charge on any atom is -0.481 e. The van der Waals surface area contributed by atoms with Gasteiger partial charge in [0, 0.05) is 0 Å². The van der Waals surface area contributed by atoms with Crippen LogP contribution in [0.5, 0.6) is 0 Å². The number of aliphatic carboxylic acids is 2. The van der Waals surface area contributed by atoms with Crippen molar-refractivity contribution in [3.8, 4) is 0 Å². The Bertz CT molecular complexity index is 461. The van der Waals surface area contributed by atoms with Crippen LogP contribution in [0.3, 0.4) is 0 Å². The Hall–Kier alpha value is -2.09. The fourth-order valence-electron chi connectivity index (χ4n) is 1.38. The fourth-order valence-corrected chi connectivity index (χ4v) is 1.38. The predicted molar refractivity (Wildman–Crippen MR) is 59.2 cm³/mol. The maximum absolute atomic E-state index is 10.9. The van der Waals surface area contributed by atoms with Crippen molar-refractivity contribution in [3.63, 3.8) is 0 Å². The molecule has 2 rings (SSSR count). The number of H-pyrrole nitrogens is 1. The molecular weight excluding hydrogens is 244 g/mol. The summed E-state index contributed by atoms with van der Waals surface area (Å²) in [6, 6.07) is 0. The molecule has 1 aliphatic rings. The van der Waals surface area contributed by atoms with E-state index in [9.17, 15) is 14.4 Å². The van der Waals surface area contributed by atoms with Crippen LogP contribution in [0, 0.1) is 0 Å². The first kappa shape index (κ1) is 14.0. The van der Waals surface area contributed by atoms with Gasteiger partial charge in [0.1, 0.15) is 0 Å². The van der Waals surface area contributed by atoms with Crippen LogP contribution in [-0.4, -0.2) is 33.9 Å². The monoisotopic (exact) mass is 258 g/mol. The van der Waals surface area contributed by atoms with E-state index in [1.54, 1.807) is 0 Å². The van der Waals surface area contributed by atoms with Crippen molar-refractivity contribution in [2.45, 2.75) is 25.8 Å². The largest absolute Gasteiger partial charge is 0.481 e. The summed E-state index contributed by atoms with van der Waals surface area (Å²) in [4.78, 5) is 30.2. The highest BCUT2D eigenvalue weighted by molar-refractivity contribution is 5.75. The van der Waals surface area contributed by atoms with E-state index >= 15 is 0 Å². The maximum atomic E-state index is 10.9. The van der Waals surface area contributed by atoms with Crippen molar-refractivity contribution in [3.05, 3.63) is 21.7 Å². The van der Waals surface area contributed by atoms with Gasteiger partial charge in [0.25, 0.3) is 5.56 Å². The van der Waals surface area contributed by atoms with Gasteiger partial charge in [-0.15, -0.1) is 0 Å². The lowest BCUT2D eigenvalue weighted by Crippen LogP contribution is -2.25. The maximum Gasteiger partial charge on any atom is 0.303 e. The quantitative estimate of drug-likeness (QED) is 0.577. The number of nitrogens with one attached hydrogen (secondary N) is 2. The lowest BCUT2D eigenvalue weighted by molar-refractivity contribution is -0.143. The van der Waals surface area contributed by atoms with Gasteiger partial charge in [-0.3, -0.25) is 14.4 Å². The highest BCUT2D eigenvalue weighted by Gasteiger charge is 2.15. The molecule has 0 aliphatic carbocycles. The second kappa shape index (κ2) is 6.60. The zero-order valence-electron chi connectivity index (χ0n) is 9.56. The Kier molecular flexibility index (Phi) is 5.12. The van der Waals surface area contributed by atoms with Crippen LogP contribution in [0.4, 0.5) is 0 Å². The normalized spacial score (nSPS) is 13.1. The van der Waals surface area contributed by atoms with Crippen LogP contribution in [0.1, 0.15) is 24.2 Å². The lowest BCUT2D eigenvalue weighted by Gasteiger charge is -2.07. The molecule has 0 saturated heterocycles. The zero-order chi connectivity index (χ0) is 13.5. The molecule has 0 radical (unpaired) electrons. The molecular formula is C10H14N2O6. The molecule has 4 N–H and O–H groups in total. The minimum atomic E-state index is -1.08. The Labute approximate surface area is 102 Å². The van der Waals surface area contributed by atoms with Crippen LogP contribution in [0.15, 0.2) is 9.32 Å². The molecule has 0 spiro atoms. The van der Waals surface area contributed by atoms with Crippen LogP contribution in [0.2, 0.25) is 0 Å². The molecule has 2 heterocycles. The molecule has 1 aromatic heterocycles. The summed E-state index contributed by atoms with van der Waals surface area (Å²) >= 11 is 0. The number of carboxylic acid groups (broad SMARTS) is 2. The molecule has 1 aromatic rings. The van der Waals surface area contributed by atoms with E-state index in [1.165, 1.54) is 0 Å². The van der Waals surface area contributed by atoms with Crippen molar-refractivity contribution in [2.75, 3.05) is 6.54 Å². The molecule has 8 heteroatoms. The average molecular weight is 258 g/mol. The smallest absolute Gasteiger partial charge is 0.303 e. The van der Waals surface area contributed by atoms with Gasteiger partial charge in [0.05, 0.1) is 24.9 Å². The highest BCUT2D eigenvalue weighted by atomic mass is 16.5. The first-order valence-electron chi connectivity index (χ1n) is 5.34. The summed E-state index contributed by atoms with van der Waals surface area (Å²) in [5.74, 6) is -1.39. The number of rotatable bonds is 3. The molecule has 0 saturated carbocycles. The standard InChI is InChI=1S/C6H8N2O2.C4H6O4/c9-6-4-1-2-7-3-5(4)10-8-6;5-3(6)1-2-4(7)8/h7H,1-3H2,(H,8,9);1-2H2,(H,5,6)(H,7,8). The van der Waals surface area contributed by atoms with E-state index in [0.29, 0.717) is 6.54 Å². The molecule has 100 valence electrons. The minimum absolute atomic E-state index is 0.0727. The second-order valence-electron chi connectivity index (χ2n) is 3.65. The highest BCUT2D eigenvalue weighted by Crippen LogP contribution is 2.06. The molecule has 1 aliphatic heterocycles. The van der Waals surface area contributed by atoms with Gasteiger partial charge in [0.2, 0.25) is 0 Å². The SMILES string of the molecule is O=C(O)CCC(=O)O.O=c1[nH]oc2c1CCNC2. The molecule has 18 heavy (non-hydrogen) atoms. The number of hydrogen-bond donors (Lipinski definition) is 4. The summed E-state index contributed by atoms with van der Waals surface area (Å²) in [5.41, 5.74) is 0.732. The van der Waals surface area contributed by atoms with E-state index < -0.39 is 11.9 Å². The van der Waals surface area contributed by atoms with Gasteiger partial charge in [-0.2, -0.15) is 5.16 Å². The van der Waals surface area contributed by atoms with Crippen LogP contribution in [-0.2, 0) is 22.6 Å². The van der Waals surface area contributed by atoms with Crippen LogP contribution >= 0.6 is 0 Å². The molecule has 0 bridgehead atoms.